The summed E-state index contributed by atoms with van der Waals surface area (Å²) in [6.07, 6.45) is 3.56. The lowest BCUT2D eigenvalue weighted by atomic mass is 10.1. The van der Waals surface area contributed by atoms with Gasteiger partial charge >= 0.3 is 0 Å². The van der Waals surface area contributed by atoms with Crippen LogP contribution in [0.5, 0.6) is 0 Å². The quantitative estimate of drug-likeness (QED) is 0.501. The molecule has 88 valence electrons. The van der Waals surface area contributed by atoms with Crippen molar-refractivity contribution in [2.75, 3.05) is 13.1 Å². The Bertz CT molecular complexity index is 225. The molecule has 0 amide bonds. The van der Waals surface area contributed by atoms with Crippen molar-refractivity contribution in [3.63, 3.8) is 0 Å². The van der Waals surface area contributed by atoms with E-state index in [2.05, 4.69) is 30.7 Å². The number of nitrogens with zero attached hydrogens (tertiary/aromatic N) is 2. The Morgan fingerprint density at radius 2 is 1.93 bits per heavy atom. The van der Waals surface area contributed by atoms with Gasteiger partial charge < -0.3 is 11.5 Å². The third-order valence-electron chi connectivity index (χ3n) is 2.93. The molecule has 1 unspecified atom stereocenters. The minimum atomic E-state index is 0.210. The Kier molecular flexibility index (Phi) is 3.97. The fourth-order valence-corrected chi connectivity index (χ4v) is 2.05. The minimum Gasteiger partial charge on any atom is -0.370 e. The average Bonchev–Trinajstić information content (AvgIpc) is 2.27. The first-order valence-electron chi connectivity index (χ1n) is 5.73. The largest absolute Gasteiger partial charge is 0.370 e. The van der Waals surface area contributed by atoms with Crippen LogP contribution in [0, 0.1) is 0 Å². The molecule has 1 fully saturated rings. The minimum absolute atomic E-state index is 0.210. The van der Waals surface area contributed by atoms with Crippen molar-refractivity contribution >= 4 is 5.96 Å². The Labute approximate surface area is 92.7 Å². The Morgan fingerprint density at radius 3 is 2.47 bits per heavy atom. The molecule has 1 aliphatic heterocycles. The van der Waals surface area contributed by atoms with E-state index < -0.39 is 0 Å². The zero-order chi connectivity index (χ0) is 11.5. The first-order valence-corrected chi connectivity index (χ1v) is 5.73. The first-order chi connectivity index (χ1) is 6.89. The molecule has 0 radical (unpaired) electrons. The van der Waals surface area contributed by atoms with Crippen molar-refractivity contribution < 1.29 is 0 Å². The van der Waals surface area contributed by atoms with Gasteiger partial charge in [-0.25, -0.2) is 4.99 Å². The fraction of sp³-hybridized carbons (Fsp3) is 0.909. The summed E-state index contributed by atoms with van der Waals surface area (Å²) in [5, 5.41) is 0. The van der Waals surface area contributed by atoms with Crippen LogP contribution in [-0.4, -0.2) is 35.5 Å². The summed E-state index contributed by atoms with van der Waals surface area (Å²) in [5.41, 5.74) is 11.1. The predicted molar refractivity (Wildman–Crippen MR) is 64.8 cm³/mol. The summed E-state index contributed by atoms with van der Waals surface area (Å²) in [6, 6.07) is 0.275. The van der Waals surface area contributed by atoms with Crippen LogP contribution in [0.2, 0.25) is 0 Å². The van der Waals surface area contributed by atoms with Gasteiger partial charge in [-0.3, -0.25) is 4.90 Å². The van der Waals surface area contributed by atoms with Crippen molar-refractivity contribution in [1.29, 1.82) is 0 Å². The van der Waals surface area contributed by atoms with Crippen LogP contribution < -0.4 is 11.5 Å². The summed E-state index contributed by atoms with van der Waals surface area (Å²) in [4.78, 5) is 6.76. The highest BCUT2D eigenvalue weighted by atomic mass is 15.2. The second kappa shape index (κ2) is 4.84. The molecule has 1 heterocycles. The summed E-state index contributed by atoms with van der Waals surface area (Å²) >= 11 is 0. The van der Waals surface area contributed by atoms with Crippen LogP contribution in [0.25, 0.3) is 0 Å². The van der Waals surface area contributed by atoms with Gasteiger partial charge in [0.15, 0.2) is 5.96 Å². The van der Waals surface area contributed by atoms with Crippen LogP contribution in [0.3, 0.4) is 0 Å². The molecule has 0 spiro atoms. The molecular weight excluding hydrogens is 188 g/mol. The second-order valence-corrected chi connectivity index (χ2v) is 5.32. The number of likely N-dealkylation sites (tertiary alicyclic amines) is 1. The highest BCUT2D eigenvalue weighted by molar-refractivity contribution is 5.75. The summed E-state index contributed by atoms with van der Waals surface area (Å²) in [6.45, 7) is 8.85. The smallest absolute Gasteiger partial charge is 0.186 e. The maximum Gasteiger partial charge on any atom is 0.186 e. The molecule has 0 saturated carbocycles. The maximum absolute atomic E-state index is 5.44. The van der Waals surface area contributed by atoms with Crippen LogP contribution in [-0.2, 0) is 0 Å². The molecule has 0 aromatic heterocycles. The third-order valence-corrected chi connectivity index (χ3v) is 2.93. The molecule has 1 rings (SSSR count). The van der Waals surface area contributed by atoms with Gasteiger partial charge in [-0.2, -0.15) is 0 Å². The van der Waals surface area contributed by atoms with Crippen LogP contribution in [0.4, 0.5) is 0 Å². The summed E-state index contributed by atoms with van der Waals surface area (Å²) < 4.78 is 0. The van der Waals surface area contributed by atoms with E-state index >= 15 is 0 Å². The van der Waals surface area contributed by atoms with E-state index in [1.807, 2.05) is 0 Å². The van der Waals surface area contributed by atoms with Crippen LogP contribution >= 0.6 is 0 Å². The van der Waals surface area contributed by atoms with Gasteiger partial charge in [0.1, 0.15) is 0 Å². The van der Waals surface area contributed by atoms with E-state index in [-0.39, 0.29) is 17.5 Å². The van der Waals surface area contributed by atoms with Crippen molar-refractivity contribution in [2.45, 2.75) is 51.6 Å². The Morgan fingerprint density at radius 1 is 1.27 bits per heavy atom. The number of nitrogens with two attached hydrogens (primary N) is 2. The zero-order valence-corrected chi connectivity index (χ0v) is 10.2. The third kappa shape index (κ3) is 4.08. The zero-order valence-electron chi connectivity index (χ0n) is 10.2. The van der Waals surface area contributed by atoms with E-state index in [1.54, 1.807) is 0 Å². The van der Waals surface area contributed by atoms with E-state index in [0.717, 1.165) is 19.5 Å². The standard InChI is InChI=1S/C11H24N4/c1-11(2,3)15-7-5-4-6-9(8-15)14-10(12)13/h9H,4-8H2,1-3H3,(H4,12,13,14). The van der Waals surface area contributed by atoms with E-state index in [0.29, 0.717) is 0 Å². The number of rotatable bonds is 1. The highest BCUT2D eigenvalue weighted by Gasteiger charge is 2.26. The van der Waals surface area contributed by atoms with Gasteiger partial charge in [-0.05, 0) is 40.2 Å². The van der Waals surface area contributed by atoms with E-state index in [1.165, 1.54) is 12.8 Å². The lowest BCUT2D eigenvalue weighted by Crippen LogP contribution is -2.45. The number of guanidine groups is 1. The molecule has 0 bridgehead atoms. The monoisotopic (exact) mass is 212 g/mol. The normalized spacial score (nSPS) is 24.6. The van der Waals surface area contributed by atoms with E-state index in [9.17, 15) is 0 Å². The van der Waals surface area contributed by atoms with E-state index in [4.69, 9.17) is 11.5 Å². The Balaban J connectivity index is 2.65. The molecule has 4 N–H and O–H groups in total. The number of hydrogen-bond donors (Lipinski definition) is 2. The van der Waals surface area contributed by atoms with Gasteiger partial charge in [0.2, 0.25) is 0 Å². The van der Waals surface area contributed by atoms with Crippen LogP contribution in [0.1, 0.15) is 40.0 Å². The topological polar surface area (TPSA) is 67.6 Å². The van der Waals surface area contributed by atoms with Crippen molar-refractivity contribution in [3.8, 4) is 0 Å². The molecule has 15 heavy (non-hydrogen) atoms. The molecule has 0 aromatic rings. The number of aliphatic imine (C=N–C) groups is 1. The SMILES string of the molecule is CC(C)(C)N1CCCCC(N=C(N)N)C1. The first kappa shape index (κ1) is 12.3. The molecular formula is C11H24N4. The molecule has 1 atom stereocenters. The molecule has 0 aliphatic carbocycles. The lowest BCUT2D eigenvalue weighted by molar-refractivity contribution is 0.137. The molecule has 1 saturated heterocycles. The van der Waals surface area contributed by atoms with Gasteiger partial charge in [0.05, 0.1) is 6.04 Å². The van der Waals surface area contributed by atoms with Gasteiger partial charge in [0.25, 0.3) is 0 Å². The molecule has 1 aliphatic rings. The van der Waals surface area contributed by atoms with Crippen molar-refractivity contribution in [3.05, 3.63) is 0 Å². The van der Waals surface area contributed by atoms with Gasteiger partial charge in [-0.1, -0.05) is 6.42 Å². The summed E-state index contributed by atoms with van der Waals surface area (Å²) in [5.74, 6) is 0.218. The fourth-order valence-electron chi connectivity index (χ4n) is 2.05. The van der Waals surface area contributed by atoms with Gasteiger partial charge in [-0.15, -0.1) is 0 Å². The van der Waals surface area contributed by atoms with Crippen LogP contribution in [0.15, 0.2) is 4.99 Å². The highest BCUT2D eigenvalue weighted by Crippen LogP contribution is 2.21. The van der Waals surface area contributed by atoms with Crippen molar-refractivity contribution in [2.24, 2.45) is 16.5 Å². The molecule has 4 heteroatoms. The average molecular weight is 212 g/mol. The van der Waals surface area contributed by atoms with Gasteiger partial charge in [0, 0.05) is 12.1 Å². The predicted octanol–water partition coefficient (Wildman–Crippen LogP) is 0.913. The summed E-state index contributed by atoms with van der Waals surface area (Å²) in [7, 11) is 0. The maximum atomic E-state index is 5.44. The lowest BCUT2D eigenvalue weighted by Gasteiger charge is -2.35. The molecule has 0 aromatic carbocycles. The second-order valence-electron chi connectivity index (χ2n) is 5.32. The Hall–Kier alpha value is -0.770. The molecule has 4 nitrogen and oxygen atoms in total. The number of hydrogen-bond acceptors (Lipinski definition) is 2. The van der Waals surface area contributed by atoms with Crippen molar-refractivity contribution in [1.82, 2.24) is 4.90 Å².